The van der Waals surface area contributed by atoms with Gasteiger partial charge in [-0.05, 0) is 18.9 Å². The first-order valence-corrected chi connectivity index (χ1v) is 6.54. The second-order valence-electron chi connectivity index (χ2n) is 4.57. The highest BCUT2D eigenvalue weighted by Crippen LogP contribution is 2.02. The molecule has 0 aliphatic heterocycles. The van der Waals surface area contributed by atoms with Gasteiger partial charge in [-0.15, -0.1) is 0 Å². The summed E-state index contributed by atoms with van der Waals surface area (Å²) in [6, 6.07) is 15.6. The second-order valence-corrected chi connectivity index (χ2v) is 4.57. The zero-order valence-electron chi connectivity index (χ0n) is 11.4. The number of aromatic nitrogens is 1. The van der Waals surface area contributed by atoms with Crippen LogP contribution in [0.25, 0.3) is 0 Å². The van der Waals surface area contributed by atoms with Gasteiger partial charge < -0.3 is 14.6 Å². The molecular weight excluding hydrogens is 252 g/mol. The summed E-state index contributed by atoms with van der Waals surface area (Å²) in [6.45, 7) is 3.31. The highest BCUT2D eigenvalue weighted by Gasteiger charge is 2.09. The molecule has 4 heteroatoms. The van der Waals surface area contributed by atoms with Crippen LogP contribution in [-0.2, 0) is 11.2 Å². The predicted molar refractivity (Wildman–Crippen MR) is 75.6 cm³/mol. The van der Waals surface area contributed by atoms with Crippen LogP contribution in [0.5, 0.6) is 0 Å². The summed E-state index contributed by atoms with van der Waals surface area (Å²) in [5.74, 6) is 0. The molecule has 2 rings (SSSR count). The van der Waals surface area contributed by atoms with Crippen molar-refractivity contribution in [3.05, 3.63) is 73.2 Å². The zero-order valence-corrected chi connectivity index (χ0v) is 11.4. The van der Waals surface area contributed by atoms with Crippen molar-refractivity contribution < 1.29 is 14.1 Å². The number of carbonyl (C=O) groups is 1. The predicted octanol–water partition coefficient (Wildman–Crippen LogP) is 2.30. The highest BCUT2D eigenvalue weighted by molar-refractivity contribution is 5.67. The number of benzene rings is 1. The summed E-state index contributed by atoms with van der Waals surface area (Å²) in [6.07, 6.45) is 3.90. The number of amides is 1. The van der Waals surface area contributed by atoms with E-state index in [0.29, 0.717) is 0 Å². The lowest BCUT2D eigenvalue weighted by Gasteiger charge is -2.14. The molecule has 1 aromatic carbocycles. The van der Waals surface area contributed by atoms with Gasteiger partial charge in [-0.1, -0.05) is 48.5 Å². The number of rotatable bonds is 5. The third-order valence-corrected chi connectivity index (χ3v) is 2.77. The van der Waals surface area contributed by atoms with Crippen molar-refractivity contribution in [1.29, 1.82) is 0 Å². The average molecular weight is 270 g/mol. The molecule has 1 atom stereocenters. The third-order valence-electron chi connectivity index (χ3n) is 2.77. The molecule has 0 bridgehead atoms. The van der Waals surface area contributed by atoms with Crippen LogP contribution in [0.1, 0.15) is 12.5 Å². The SMILES string of the molecule is C[C@@H](Cc1ccccc1)NC(=O)O[CH-][n+]1ccccc1. The van der Waals surface area contributed by atoms with Gasteiger partial charge in [0, 0.05) is 6.04 Å². The summed E-state index contributed by atoms with van der Waals surface area (Å²) in [7, 11) is 0. The Kier molecular flexibility index (Phi) is 5.00. The standard InChI is InChI=1S/C16H18N2O2/c1-14(12-15-8-4-2-5-9-15)17-16(19)20-13-18-10-6-3-7-11-18/h2-11,13-14H,12H2,1H3,(H,17,19)/t14-/m0/s1. The Labute approximate surface area is 119 Å². The lowest BCUT2D eigenvalue weighted by Crippen LogP contribution is -2.39. The van der Waals surface area contributed by atoms with Gasteiger partial charge in [0.05, 0.1) is 12.4 Å². The molecular formula is C16H18N2O2. The van der Waals surface area contributed by atoms with Crippen molar-refractivity contribution in [2.45, 2.75) is 19.4 Å². The first kappa shape index (κ1) is 13.9. The maximum absolute atomic E-state index is 11.6. The highest BCUT2D eigenvalue weighted by atomic mass is 16.6. The van der Waals surface area contributed by atoms with Crippen molar-refractivity contribution in [3.8, 4) is 0 Å². The number of ether oxygens (including phenoxy) is 1. The van der Waals surface area contributed by atoms with Crippen LogP contribution in [0.3, 0.4) is 0 Å². The van der Waals surface area contributed by atoms with E-state index >= 15 is 0 Å². The van der Waals surface area contributed by atoms with Gasteiger partial charge in [-0.2, -0.15) is 0 Å². The smallest absolute Gasteiger partial charge is 0.404 e. The Hall–Kier alpha value is -2.49. The number of nitrogens with zero attached hydrogens (tertiary/aromatic N) is 1. The van der Waals surface area contributed by atoms with Crippen LogP contribution < -0.4 is 9.88 Å². The molecule has 20 heavy (non-hydrogen) atoms. The van der Waals surface area contributed by atoms with E-state index in [4.69, 9.17) is 4.74 Å². The molecule has 0 fully saturated rings. The van der Waals surface area contributed by atoms with E-state index in [1.54, 1.807) is 17.0 Å². The molecule has 1 amide bonds. The molecule has 1 aromatic heterocycles. The molecule has 0 saturated heterocycles. The van der Waals surface area contributed by atoms with Gasteiger partial charge in [0.1, 0.15) is 0 Å². The van der Waals surface area contributed by atoms with E-state index < -0.39 is 6.09 Å². The summed E-state index contributed by atoms with van der Waals surface area (Å²) in [5.41, 5.74) is 1.18. The monoisotopic (exact) mass is 270 g/mol. The van der Waals surface area contributed by atoms with E-state index in [2.05, 4.69) is 5.32 Å². The molecule has 4 nitrogen and oxygen atoms in total. The topological polar surface area (TPSA) is 42.2 Å². The molecule has 0 aliphatic rings. The summed E-state index contributed by atoms with van der Waals surface area (Å²) >= 11 is 0. The molecule has 1 heterocycles. The fourth-order valence-corrected chi connectivity index (χ4v) is 1.84. The third kappa shape index (κ3) is 4.65. The number of alkyl carbamates (subject to hydrolysis) is 1. The van der Waals surface area contributed by atoms with E-state index in [-0.39, 0.29) is 6.04 Å². The van der Waals surface area contributed by atoms with Crippen LogP contribution in [0.4, 0.5) is 4.79 Å². The summed E-state index contributed by atoms with van der Waals surface area (Å²) in [5, 5.41) is 2.79. The van der Waals surface area contributed by atoms with Gasteiger partial charge in [-0.3, -0.25) is 0 Å². The quantitative estimate of drug-likeness (QED) is 0.669. The Balaban J connectivity index is 1.74. The fraction of sp³-hybridized carbons (Fsp3) is 0.188. The molecule has 1 N–H and O–H groups in total. The van der Waals surface area contributed by atoms with Gasteiger partial charge >= 0.3 is 6.09 Å². The second kappa shape index (κ2) is 7.19. The fourth-order valence-electron chi connectivity index (χ4n) is 1.84. The van der Waals surface area contributed by atoms with Crippen LogP contribution in [-0.4, -0.2) is 12.1 Å². The summed E-state index contributed by atoms with van der Waals surface area (Å²) in [4.78, 5) is 11.6. The average Bonchev–Trinajstić information content (AvgIpc) is 2.47. The molecule has 0 spiro atoms. The van der Waals surface area contributed by atoms with E-state index in [1.165, 1.54) is 12.3 Å². The lowest BCUT2D eigenvalue weighted by atomic mass is 10.1. The largest absolute Gasteiger partial charge is 0.423 e. The van der Waals surface area contributed by atoms with E-state index in [1.807, 2.05) is 55.5 Å². The molecule has 104 valence electrons. The number of pyridine rings is 1. The van der Waals surface area contributed by atoms with Crippen molar-refractivity contribution >= 4 is 6.09 Å². The van der Waals surface area contributed by atoms with Gasteiger partial charge in [-0.25, -0.2) is 4.79 Å². The van der Waals surface area contributed by atoms with Crippen LogP contribution in [0.2, 0.25) is 0 Å². The van der Waals surface area contributed by atoms with Crippen molar-refractivity contribution in [2.75, 3.05) is 0 Å². The molecule has 0 unspecified atom stereocenters. The number of hydrogen-bond donors (Lipinski definition) is 1. The first-order valence-electron chi connectivity index (χ1n) is 6.54. The van der Waals surface area contributed by atoms with Gasteiger partial charge in [0.2, 0.25) is 6.73 Å². The maximum Gasteiger partial charge on any atom is 0.404 e. The van der Waals surface area contributed by atoms with E-state index in [9.17, 15) is 4.79 Å². The Morgan fingerprint density at radius 2 is 1.85 bits per heavy atom. The lowest BCUT2D eigenvalue weighted by molar-refractivity contribution is -0.656. The minimum atomic E-state index is -0.454. The summed E-state index contributed by atoms with van der Waals surface area (Å²) < 4.78 is 6.69. The minimum Gasteiger partial charge on any atom is -0.423 e. The Morgan fingerprint density at radius 3 is 2.55 bits per heavy atom. The maximum atomic E-state index is 11.6. The minimum absolute atomic E-state index is 0.0130. The van der Waals surface area contributed by atoms with Crippen molar-refractivity contribution in [2.24, 2.45) is 0 Å². The molecule has 0 aliphatic carbocycles. The number of carbonyl (C=O) groups excluding carboxylic acids is 1. The molecule has 2 aromatic rings. The number of nitrogens with one attached hydrogen (secondary N) is 1. The van der Waals surface area contributed by atoms with Crippen LogP contribution >= 0.6 is 0 Å². The Morgan fingerprint density at radius 1 is 1.20 bits per heavy atom. The molecule has 0 radical (unpaired) electrons. The normalized spacial score (nSPS) is 11.4. The number of hydrogen-bond acceptors (Lipinski definition) is 2. The van der Waals surface area contributed by atoms with Crippen LogP contribution in [0.15, 0.2) is 60.9 Å². The Bertz CT molecular complexity index is 529. The first-order chi connectivity index (χ1) is 9.74. The van der Waals surface area contributed by atoms with Gasteiger partial charge in [0.15, 0.2) is 0 Å². The van der Waals surface area contributed by atoms with Crippen molar-refractivity contribution in [1.82, 2.24) is 5.32 Å². The van der Waals surface area contributed by atoms with Crippen LogP contribution in [0, 0.1) is 6.73 Å². The van der Waals surface area contributed by atoms with Crippen molar-refractivity contribution in [3.63, 3.8) is 0 Å². The van der Waals surface area contributed by atoms with Gasteiger partial charge in [0.25, 0.3) is 0 Å². The van der Waals surface area contributed by atoms with E-state index in [0.717, 1.165) is 6.42 Å². The molecule has 0 saturated carbocycles. The zero-order chi connectivity index (χ0) is 14.2.